The van der Waals surface area contributed by atoms with Crippen LogP contribution >= 0.6 is 11.6 Å². The number of nitrogens with two attached hydrogens (primary N) is 2. The molecule has 0 amide bonds. The Hall–Kier alpha value is -7.03. The summed E-state index contributed by atoms with van der Waals surface area (Å²) in [4.78, 5) is 46.9. The van der Waals surface area contributed by atoms with E-state index in [2.05, 4.69) is 56.5 Å². The predicted molar refractivity (Wildman–Crippen MR) is 289 cm³/mol. The lowest BCUT2D eigenvalue weighted by Gasteiger charge is -2.15. The number of ketones is 1. The van der Waals surface area contributed by atoms with Crippen LogP contribution in [0.15, 0.2) is 128 Å². The van der Waals surface area contributed by atoms with Crippen LogP contribution in [0.1, 0.15) is 133 Å². The Bertz CT molecular complexity index is 2570. The van der Waals surface area contributed by atoms with Crippen LogP contribution in [0.4, 0.5) is 11.6 Å². The van der Waals surface area contributed by atoms with Gasteiger partial charge in [0.15, 0.2) is 23.0 Å². The molecule has 0 spiro atoms. The van der Waals surface area contributed by atoms with Gasteiger partial charge in [0.1, 0.15) is 17.4 Å². The molecule has 394 valence electrons. The molecule has 15 heteroatoms. The lowest BCUT2D eigenvalue weighted by molar-refractivity contribution is -0.140. The van der Waals surface area contributed by atoms with Crippen molar-refractivity contribution in [3.63, 3.8) is 0 Å². The highest BCUT2D eigenvalue weighted by Crippen LogP contribution is 2.53. The number of nitrogens with zero attached hydrogens (tertiary/aromatic N) is 3. The quantitative estimate of drug-likeness (QED) is 0.121. The first-order chi connectivity index (χ1) is 35.8. The summed E-state index contributed by atoms with van der Waals surface area (Å²) in [6.45, 7) is 14.5. The molecule has 3 aromatic heterocycles. The number of ether oxygens (including phenoxy) is 5. The number of pyridine rings is 3. The van der Waals surface area contributed by atoms with Gasteiger partial charge in [0, 0.05) is 30.7 Å². The molecule has 3 fully saturated rings. The molecule has 6 aromatic rings. The number of carbonyl (C=O) groups is 3. The van der Waals surface area contributed by atoms with Crippen molar-refractivity contribution >= 4 is 40.2 Å². The van der Waals surface area contributed by atoms with Crippen LogP contribution in [0.5, 0.6) is 23.0 Å². The van der Waals surface area contributed by atoms with E-state index in [-0.39, 0.29) is 30.0 Å². The molecule has 3 aromatic carbocycles. The topological polar surface area (TPSA) is 208 Å². The fraction of sp³-hybridized carbons (Fsp3) is 0.390. The molecular weight excluding hydrogens is 958 g/mol. The molecule has 74 heavy (non-hydrogen) atoms. The number of hydrogen-bond acceptors (Lipinski definition) is 13. The SMILES string of the molecule is CCC.CCC.CCC.Nc1ccccn1.Nc1ccccn1.O=C(Cc1ccccn1)C1(c2ccc3c(c2)OCO3)CC1.O=C(Cl)C1(c2ccc3c(c2)OCO3)CC1.O=C(O)C1(c2ccc3c(c2)COC3)CC1. The number of anilines is 2. The normalized spacial score (nSPS) is 15.7. The molecule has 3 aliphatic carbocycles. The van der Waals surface area contributed by atoms with E-state index < -0.39 is 16.8 Å². The van der Waals surface area contributed by atoms with E-state index in [1.807, 2.05) is 97.1 Å². The van der Waals surface area contributed by atoms with E-state index in [0.29, 0.717) is 37.0 Å². The van der Waals surface area contributed by atoms with Gasteiger partial charge in [0.2, 0.25) is 18.8 Å². The van der Waals surface area contributed by atoms with Crippen LogP contribution in [0.3, 0.4) is 0 Å². The Balaban J connectivity index is 0.000000172. The molecule has 12 rings (SSSR count). The van der Waals surface area contributed by atoms with Crippen LogP contribution in [0.25, 0.3) is 0 Å². The summed E-state index contributed by atoms with van der Waals surface area (Å²) in [6, 6.07) is 33.9. The van der Waals surface area contributed by atoms with E-state index in [4.69, 9.17) is 46.8 Å². The molecule has 0 saturated heterocycles. The number of benzene rings is 3. The van der Waals surface area contributed by atoms with Crippen LogP contribution in [0, 0.1) is 0 Å². The first-order valence-corrected chi connectivity index (χ1v) is 25.8. The molecule has 3 aliphatic heterocycles. The van der Waals surface area contributed by atoms with E-state index in [9.17, 15) is 19.5 Å². The van der Waals surface area contributed by atoms with Gasteiger partial charge in [-0.2, -0.15) is 0 Å². The summed E-state index contributed by atoms with van der Waals surface area (Å²) in [6.07, 6.45) is 14.2. The van der Waals surface area contributed by atoms with Gasteiger partial charge in [-0.1, -0.05) is 109 Å². The number of fused-ring (bicyclic) bond motifs is 3. The number of nitrogen functional groups attached to an aromatic ring is 2. The number of aromatic nitrogens is 3. The average molecular weight is 1030 g/mol. The van der Waals surface area contributed by atoms with E-state index in [0.717, 1.165) is 83.7 Å². The fourth-order valence-corrected chi connectivity index (χ4v) is 8.07. The molecule has 14 nitrogen and oxygen atoms in total. The Labute approximate surface area is 441 Å². The molecule has 0 radical (unpaired) electrons. The average Bonchev–Trinajstić information content (AvgIpc) is 4.37. The second-order valence-corrected chi connectivity index (χ2v) is 18.8. The van der Waals surface area contributed by atoms with E-state index >= 15 is 0 Å². The number of carboxylic acid groups (broad SMARTS) is 1. The van der Waals surface area contributed by atoms with Gasteiger partial charge in [-0.05, 0) is 139 Å². The van der Waals surface area contributed by atoms with Crippen LogP contribution in [-0.2, 0) is 55.0 Å². The van der Waals surface area contributed by atoms with Crippen molar-refractivity contribution in [3.8, 4) is 23.0 Å². The van der Waals surface area contributed by atoms with Crippen LogP contribution in [-0.4, -0.2) is 50.6 Å². The summed E-state index contributed by atoms with van der Waals surface area (Å²) in [5.41, 5.74) is 15.2. The number of rotatable bonds is 8. The monoisotopic (exact) mass is 1030 g/mol. The third-order valence-electron chi connectivity index (χ3n) is 12.1. The minimum atomic E-state index is -0.693. The molecule has 0 bridgehead atoms. The molecular formula is C59H72ClN5O9. The minimum Gasteiger partial charge on any atom is -0.481 e. The maximum atomic E-state index is 12.7. The van der Waals surface area contributed by atoms with Gasteiger partial charge in [0.05, 0.1) is 29.5 Å². The number of Topliss-reactive ketones (excluding diaryl/α,β-unsaturated/α-hetero) is 1. The third kappa shape index (κ3) is 16.0. The largest absolute Gasteiger partial charge is 0.481 e. The Morgan fingerprint density at radius 3 is 1.34 bits per heavy atom. The number of halogens is 1. The van der Waals surface area contributed by atoms with Gasteiger partial charge >= 0.3 is 5.97 Å². The van der Waals surface area contributed by atoms with Crippen molar-refractivity contribution in [1.29, 1.82) is 0 Å². The highest BCUT2D eigenvalue weighted by Gasteiger charge is 2.53. The van der Waals surface area contributed by atoms with Crippen molar-refractivity contribution < 1.29 is 43.2 Å². The highest BCUT2D eigenvalue weighted by atomic mass is 35.5. The fourth-order valence-electron chi connectivity index (χ4n) is 7.77. The molecule has 6 heterocycles. The van der Waals surface area contributed by atoms with Gasteiger partial charge in [-0.15, -0.1) is 0 Å². The summed E-state index contributed by atoms with van der Waals surface area (Å²) < 4.78 is 26.5. The Morgan fingerprint density at radius 1 is 0.527 bits per heavy atom. The van der Waals surface area contributed by atoms with Crippen molar-refractivity contribution in [1.82, 2.24) is 15.0 Å². The van der Waals surface area contributed by atoms with Gasteiger partial charge in [0.25, 0.3) is 0 Å². The second kappa shape index (κ2) is 28.4. The molecule has 0 atom stereocenters. The molecule has 6 aliphatic rings. The summed E-state index contributed by atoms with van der Waals surface area (Å²) >= 11 is 5.61. The van der Waals surface area contributed by atoms with Crippen LogP contribution < -0.4 is 30.4 Å². The van der Waals surface area contributed by atoms with Crippen molar-refractivity contribution in [2.45, 2.75) is 135 Å². The smallest absolute Gasteiger partial charge is 0.314 e. The van der Waals surface area contributed by atoms with Crippen molar-refractivity contribution in [2.75, 3.05) is 25.1 Å². The number of aliphatic carboxylic acids is 1. The van der Waals surface area contributed by atoms with E-state index in [1.54, 1.807) is 30.7 Å². The van der Waals surface area contributed by atoms with Crippen molar-refractivity contribution in [3.05, 3.63) is 161 Å². The number of hydrogen-bond donors (Lipinski definition) is 3. The molecule has 5 N–H and O–H groups in total. The second-order valence-electron chi connectivity index (χ2n) is 18.5. The van der Waals surface area contributed by atoms with E-state index in [1.165, 1.54) is 24.8 Å². The zero-order chi connectivity index (χ0) is 53.6. The number of carbonyl (C=O) groups excluding carboxylic acids is 2. The van der Waals surface area contributed by atoms with Gasteiger partial charge in [-0.3, -0.25) is 19.4 Å². The maximum absolute atomic E-state index is 12.7. The summed E-state index contributed by atoms with van der Waals surface area (Å²) in [7, 11) is 0. The Kier molecular flexibility index (Phi) is 22.2. The first-order valence-electron chi connectivity index (χ1n) is 25.5. The summed E-state index contributed by atoms with van der Waals surface area (Å²) in [5.74, 6) is 3.62. The van der Waals surface area contributed by atoms with Crippen LogP contribution in [0.2, 0.25) is 0 Å². The molecule has 0 unspecified atom stereocenters. The van der Waals surface area contributed by atoms with Crippen molar-refractivity contribution in [2.24, 2.45) is 0 Å². The molecule has 3 saturated carbocycles. The predicted octanol–water partition coefficient (Wildman–Crippen LogP) is 12.3. The summed E-state index contributed by atoms with van der Waals surface area (Å²) in [5, 5.41) is 8.90. The van der Waals surface area contributed by atoms with Gasteiger partial charge in [-0.25, -0.2) is 9.97 Å². The Morgan fingerprint density at radius 2 is 0.946 bits per heavy atom. The van der Waals surface area contributed by atoms with Gasteiger partial charge < -0.3 is 40.3 Å². The maximum Gasteiger partial charge on any atom is 0.314 e. The number of carboxylic acids is 1. The zero-order valence-corrected chi connectivity index (χ0v) is 44.4. The standard InChI is InChI=1S/C17H15NO3.C12H12O3.C11H9ClO3.2C5H6N2.3C3H8/c19-16(10-13-3-1-2-8-18-13)17(6-7-17)12-4-5-14-15(9-12)21-11-20-14;13-11(14)12(3-4-12)10-2-1-8-6-15-7-9(8)5-10;12-10(13)11(3-4-11)7-1-2-8-9(5-7)15-6-14-8;2*6-5-3-1-2-4-7-5;3*1-3-2/h1-5,8-9H,6-7,10-11H2;1-2,5H,3-4,6-7H2,(H,13,14);1-2,5H,3-4,6H2;2*1-4H,(H2,6,7);3*3H2,1-2H3. The minimum absolute atomic E-state index is 0.236. The lowest BCUT2D eigenvalue weighted by atomic mass is 9.88. The first kappa shape index (κ1) is 57.9. The highest BCUT2D eigenvalue weighted by molar-refractivity contribution is 6.66. The zero-order valence-electron chi connectivity index (χ0n) is 43.6. The third-order valence-corrected chi connectivity index (χ3v) is 12.5. The lowest BCUT2D eigenvalue weighted by Crippen LogP contribution is -2.22.